The number of hydrogen-bond acceptors (Lipinski definition) is 4. The summed E-state index contributed by atoms with van der Waals surface area (Å²) in [5.74, 6) is 0.843. The molecule has 0 aliphatic heterocycles. The lowest BCUT2D eigenvalue weighted by Gasteiger charge is -2.26. The first-order valence-corrected chi connectivity index (χ1v) is 9.49. The number of nitrogens with zero attached hydrogens (tertiary/aromatic N) is 3. The van der Waals surface area contributed by atoms with Crippen LogP contribution in [-0.4, -0.2) is 43.0 Å². The molecule has 0 amide bonds. The molecule has 26 heavy (non-hydrogen) atoms. The van der Waals surface area contributed by atoms with Crippen LogP contribution in [0.25, 0.3) is 0 Å². The Hall–Kier alpha value is -1.19. The summed E-state index contributed by atoms with van der Waals surface area (Å²) in [4.78, 5) is 12.7. The van der Waals surface area contributed by atoms with Gasteiger partial charge in [-0.1, -0.05) is 30.3 Å². The number of likely N-dealkylation sites (N-methyl/N-ethyl adjacent to an activating group) is 1. The number of aromatic nitrogens is 1. The predicted octanol–water partition coefficient (Wildman–Crippen LogP) is 3.74. The van der Waals surface area contributed by atoms with E-state index in [1.165, 1.54) is 10.4 Å². The Kier molecular flexibility index (Phi) is 10.1. The summed E-state index contributed by atoms with van der Waals surface area (Å²) in [6, 6.07) is 10.8. The summed E-state index contributed by atoms with van der Waals surface area (Å²) in [7, 11) is 4.21. The van der Waals surface area contributed by atoms with E-state index in [4.69, 9.17) is 4.99 Å². The molecule has 2 aromatic rings. The van der Waals surface area contributed by atoms with E-state index in [1.54, 1.807) is 11.3 Å². The van der Waals surface area contributed by atoms with Crippen LogP contribution in [0.4, 0.5) is 0 Å². The van der Waals surface area contributed by atoms with Gasteiger partial charge in [0.05, 0.1) is 23.3 Å². The molecular weight excluding hydrogens is 457 g/mol. The van der Waals surface area contributed by atoms with Gasteiger partial charge in [0.1, 0.15) is 0 Å². The molecule has 1 atom stereocenters. The van der Waals surface area contributed by atoms with Crippen molar-refractivity contribution in [3.05, 3.63) is 51.5 Å². The average Bonchev–Trinajstić information content (AvgIpc) is 2.91. The Labute approximate surface area is 178 Å². The van der Waals surface area contributed by atoms with Gasteiger partial charge in [0.15, 0.2) is 5.96 Å². The van der Waals surface area contributed by atoms with Crippen molar-refractivity contribution in [2.24, 2.45) is 4.99 Å². The van der Waals surface area contributed by atoms with Crippen molar-refractivity contribution in [3.8, 4) is 0 Å². The van der Waals surface area contributed by atoms with Crippen molar-refractivity contribution in [1.82, 2.24) is 20.5 Å². The minimum absolute atomic E-state index is 0. The Morgan fingerprint density at radius 3 is 2.42 bits per heavy atom. The fourth-order valence-corrected chi connectivity index (χ4v) is 3.54. The molecule has 0 spiro atoms. The Morgan fingerprint density at radius 1 is 1.19 bits per heavy atom. The van der Waals surface area contributed by atoms with Crippen molar-refractivity contribution < 1.29 is 0 Å². The van der Waals surface area contributed by atoms with Crippen molar-refractivity contribution in [2.75, 3.05) is 27.2 Å². The molecule has 1 unspecified atom stereocenters. The lowest BCUT2D eigenvalue weighted by Crippen LogP contribution is -2.41. The largest absolute Gasteiger partial charge is 0.357 e. The van der Waals surface area contributed by atoms with Gasteiger partial charge in [-0.05, 0) is 40.4 Å². The second kappa shape index (κ2) is 11.5. The highest BCUT2D eigenvalue weighted by atomic mass is 127. The normalized spacial score (nSPS) is 12.6. The van der Waals surface area contributed by atoms with Crippen LogP contribution in [0.5, 0.6) is 0 Å². The van der Waals surface area contributed by atoms with Crippen LogP contribution in [0, 0.1) is 13.8 Å². The third-order valence-corrected chi connectivity index (χ3v) is 5.05. The van der Waals surface area contributed by atoms with Crippen LogP contribution >= 0.6 is 35.3 Å². The number of rotatable bonds is 7. The molecule has 1 heterocycles. The number of halogens is 1. The first-order chi connectivity index (χ1) is 12.0. The van der Waals surface area contributed by atoms with Crippen LogP contribution in [0.15, 0.2) is 35.3 Å². The lowest BCUT2D eigenvalue weighted by atomic mass is 10.1. The lowest BCUT2D eigenvalue weighted by molar-refractivity contribution is 0.298. The van der Waals surface area contributed by atoms with Gasteiger partial charge in [-0.2, -0.15) is 0 Å². The Morgan fingerprint density at radius 2 is 1.88 bits per heavy atom. The minimum Gasteiger partial charge on any atom is -0.357 e. The molecule has 0 bridgehead atoms. The quantitative estimate of drug-likeness (QED) is 0.355. The molecular formula is C19H30IN5S. The van der Waals surface area contributed by atoms with Crippen LogP contribution in [0.1, 0.15) is 34.1 Å². The van der Waals surface area contributed by atoms with Gasteiger partial charge < -0.3 is 15.5 Å². The summed E-state index contributed by atoms with van der Waals surface area (Å²) in [5, 5.41) is 7.90. The second-order valence-corrected chi connectivity index (χ2v) is 7.50. The van der Waals surface area contributed by atoms with Gasteiger partial charge in [-0.25, -0.2) is 9.98 Å². The molecule has 0 radical (unpaired) electrons. The van der Waals surface area contributed by atoms with Crippen molar-refractivity contribution >= 4 is 41.3 Å². The predicted molar refractivity (Wildman–Crippen MR) is 123 cm³/mol. The van der Waals surface area contributed by atoms with E-state index in [9.17, 15) is 0 Å². The van der Waals surface area contributed by atoms with Gasteiger partial charge in [0.25, 0.3) is 0 Å². The second-order valence-electron chi connectivity index (χ2n) is 6.21. The number of nitrogens with one attached hydrogen (secondary N) is 2. The topological polar surface area (TPSA) is 52.6 Å². The molecule has 1 aromatic heterocycles. The fraction of sp³-hybridized carbons (Fsp3) is 0.474. The minimum atomic E-state index is 0. The standard InChI is InChI=1S/C19H29N5S.HI/c1-6-20-19(22-13-18-14(2)23-15(3)25-18)21-12-17(24(4)5)16-10-8-7-9-11-16;/h7-11,17H,6,12-13H2,1-5H3,(H2,20,21,22);1H. The van der Waals surface area contributed by atoms with Crippen molar-refractivity contribution in [3.63, 3.8) is 0 Å². The number of thiazole rings is 1. The number of guanidine groups is 1. The highest BCUT2D eigenvalue weighted by Gasteiger charge is 2.14. The highest BCUT2D eigenvalue weighted by molar-refractivity contribution is 14.0. The van der Waals surface area contributed by atoms with E-state index in [2.05, 4.69) is 71.9 Å². The first kappa shape index (κ1) is 22.9. The van der Waals surface area contributed by atoms with E-state index >= 15 is 0 Å². The molecule has 7 heteroatoms. The van der Waals surface area contributed by atoms with E-state index < -0.39 is 0 Å². The SMILES string of the molecule is CCNC(=NCc1sc(C)nc1C)NCC(c1ccccc1)N(C)C.I. The molecule has 0 fully saturated rings. The summed E-state index contributed by atoms with van der Waals surface area (Å²) in [5.41, 5.74) is 2.38. The number of aliphatic imine (C=N–C) groups is 1. The summed E-state index contributed by atoms with van der Waals surface area (Å²) in [6.07, 6.45) is 0. The maximum atomic E-state index is 4.73. The van der Waals surface area contributed by atoms with Crippen molar-refractivity contribution in [2.45, 2.75) is 33.4 Å². The third kappa shape index (κ3) is 6.85. The summed E-state index contributed by atoms with van der Waals surface area (Å²) >= 11 is 1.72. The fourth-order valence-electron chi connectivity index (χ4n) is 2.68. The smallest absolute Gasteiger partial charge is 0.191 e. The Bertz CT molecular complexity index is 684. The average molecular weight is 487 g/mol. The van der Waals surface area contributed by atoms with Crippen LogP contribution < -0.4 is 10.6 Å². The van der Waals surface area contributed by atoms with Gasteiger partial charge in [0, 0.05) is 18.0 Å². The Balaban J connectivity index is 0.00000338. The molecule has 2 rings (SSSR count). The molecule has 0 aliphatic carbocycles. The van der Waals surface area contributed by atoms with E-state index in [0.29, 0.717) is 6.54 Å². The molecule has 144 valence electrons. The van der Waals surface area contributed by atoms with Gasteiger partial charge in [0.2, 0.25) is 0 Å². The van der Waals surface area contributed by atoms with Gasteiger partial charge >= 0.3 is 0 Å². The van der Waals surface area contributed by atoms with Gasteiger partial charge in [-0.3, -0.25) is 0 Å². The summed E-state index contributed by atoms with van der Waals surface area (Å²) < 4.78 is 0. The maximum absolute atomic E-state index is 4.73. The zero-order valence-electron chi connectivity index (χ0n) is 16.2. The van der Waals surface area contributed by atoms with Crippen molar-refractivity contribution in [1.29, 1.82) is 0 Å². The van der Waals surface area contributed by atoms with E-state index in [0.717, 1.165) is 29.8 Å². The molecule has 1 aromatic carbocycles. The molecule has 5 nitrogen and oxygen atoms in total. The van der Waals surface area contributed by atoms with Crippen LogP contribution in [-0.2, 0) is 6.54 Å². The van der Waals surface area contributed by atoms with Crippen LogP contribution in [0.2, 0.25) is 0 Å². The van der Waals surface area contributed by atoms with Crippen LogP contribution in [0.3, 0.4) is 0 Å². The molecule has 0 saturated heterocycles. The number of hydrogen-bond donors (Lipinski definition) is 2. The van der Waals surface area contributed by atoms with E-state index in [1.807, 2.05) is 13.8 Å². The number of aryl methyl sites for hydroxylation is 2. The molecule has 0 saturated carbocycles. The highest BCUT2D eigenvalue weighted by Crippen LogP contribution is 2.18. The zero-order valence-corrected chi connectivity index (χ0v) is 19.4. The maximum Gasteiger partial charge on any atom is 0.191 e. The molecule has 0 aliphatic rings. The first-order valence-electron chi connectivity index (χ1n) is 8.67. The number of benzene rings is 1. The van der Waals surface area contributed by atoms with Gasteiger partial charge in [-0.15, -0.1) is 35.3 Å². The zero-order chi connectivity index (χ0) is 18.2. The molecule has 2 N–H and O–H groups in total. The monoisotopic (exact) mass is 487 g/mol. The third-order valence-electron chi connectivity index (χ3n) is 4.00. The summed E-state index contributed by atoms with van der Waals surface area (Å²) in [6.45, 7) is 8.46. The van der Waals surface area contributed by atoms with E-state index in [-0.39, 0.29) is 30.0 Å².